The van der Waals surface area contributed by atoms with Gasteiger partial charge in [-0.3, -0.25) is 9.58 Å². The van der Waals surface area contributed by atoms with Crippen LogP contribution in [-0.4, -0.2) is 54.8 Å². The number of benzene rings is 1. The average molecular weight is 392 g/mol. The zero-order valence-electron chi connectivity index (χ0n) is 16.6. The van der Waals surface area contributed by atoms with Gasteiger partial charge in [0.1, 0.15) is 12.4 Å². The predicted octanol–water partition coefficient (Wildman–Crippen LogP) is 2.68. The number of hydrogen-bond acceptors (Lipinski definition) is 5. The minimum atomic E-state index is -2.92. The first-order chi connectivity index (χ1) is 12.7. The molecule has 1 aromatic carbocycles. The van der Waals surface area contributed by atoms with Crippen molar-refractivity contribution < 1.29 is 13.2 Å². The lowest BCUT2D eigenvalue weighted by Gasteiger charge is -2.18. The summed E-state index contributed by atoms with van der Waals surface area (Å²) in [5.74, 6) is 1.35. The van der Waals surface area contributed by atoms with Crippen molar-refractivity contribution in [1.82, 2.24) is 14.7 Å². The van der Waals surface area contributed by atoms with E-state index in [0.29, 0.717) is 13.0 Å². The second kappa shape index (κ2) is 8.02. The van der Waals surface area contributed by atoms with Crippen molar-refractivity contribution in [2.45, 2.75) is 39.8 Å². The quantitative estimate of drug-likeness (QED) is 0.726. The van der Waals surface area contributed by atoms with Gasteiger partial charge < -0.3 is 4.74 Å². The Morgan fingerprint density at radius 3 is 2.56 bits per heavy atom. The van der Waals surface area contributed by atoms with Gasteiger partial charge in [-0.15, -0.1) is 0 Å². The van der Waals surface area contributed by atoms with Gasteiger partial charge >= 0.3 is 0 Å². The summed E-state index contributed by atoms with van der Waals surface area (Å²) in [4.78, 5) is 2.21. The monoisotopic (exact) mass is 391 g/mol. The van der Waals surface area contributed by atoms with Crippen molar-refractivity contribution in [3.63, 3.8) is 0 Å². The normalized spacial score (nSPS) is 18.9. The zero-order chi connectivity index (χ0) is 19.6. The van der Waals surface area contributed by atoms with Gasteiger partial charge in [-0.2, -0.15) is 5.10 Å². The maximum atomic E-state index is 11.8. The molecule has 1 aromatic heterocycles. The van der Waals surface area contributed by atoms with Gasteiger partial charge in [0.2, 0.25) is 0 Å². The van der Waals surface area contributed by atoms with Crippen LogP contribution in [0.5, 0.6) is 5.75 Å². The van der Waals surface area contributed by atoms with Crippen molar-refractivity contribution in [2.75, 3.05) is 31.7 Å². The standard InChI is InChI=1S/C20H29N3O3S/c1-15-5-7-19(8-6-15)26-11-10-22(4)13-20-16(2)21-23(17(20)3)18-9-12-27(24,25)14-18/h5-8,18H,9-14H2,1-4H3/t18-/m0/s1. The minimum Gasteiger partial charge on any atom is -0.492 e. The molecule has 1 saturated heterocycles. The van der Waals surface area contributed by atoms with Crippen LogP contribution in [0.3, 0.4) is 0 Å². The fourth-order valence-corrected chi connectivity index (χ4v) is 5.24. The van der Waals surface area contributed by atoms with Gasteiger partial charge in [-0.25, -0.2) is 8.42 Å². The van der Waals surface area contributed by atoms with Gasteiger partial charge in [-0.1, -0.05) is 17.7 Å². The van der Waals surface area contributed by atoms with Crippen LogP contribution in [0.4, 0.5) is 0 Å². The number of ether oxygens (including phenoxy) is 1. The smallest absolute Gasteiger partial charge is 0.152 e. The van der Waals surface area contributed by atoms with Crippen molar-refractivity contribution >= 4 is 9.84 Å². The molecule has 0 spiro atoms. The SMILES string of the molecule is Cc1ccc(OCCN(C)Cc2c(C)nn([C@H]3CCS(=O)(=O)C3)c2C)cc1. The molecule has 2 heterocycles. The molecule has 1 aliphatic rings. The zero-order valence-corrected chi connectivity index (χ0v) is 17.4. The molecule has 0 saturated carbocycles. The molecule has 1 fully saturated rings. The number of nitrogens with zero attached hydrogens (tertiary/aromatic N) is 3. The Labute approximate surface area is 162 Å². The van der Waals surface area contributed by atoms with Crippen LogP contribution in [0.2, 0.25) is 0 Å². The molecule has 7 heteroatoms. The highest BCUT2D eigenvalue weighted by atomic mass is 32.2. The molecule has 1 aliphatic heterocycles. The Morgan fingerprint density at radius 1 is 1.22 bits per heavy atom. The summed E-state index contributed by atoms with van der Waals surface area (Å²) < 4.78 is 31.3. The van der Waals surface area contributed by atoms with Crippen LogP contribution in [0.15, 0.2) is 24.3 Å². The van der Waals surface area contributed by atoms with E-state index in [1.54, 1.807) is 0 Å². The molecule has 0 bridgehead atoms. The van der Waals surface area contributed by atoms with Crippen LogP contribution < -0.4 is 4.74 Å². The Bertz CT molecular complexity index is 888. The highest BCUT2D eigenvalue weighted by Crippen LogP contribution is 2.27. The average Bonchev–Trinajstić information content (AvgIpc) is 3.10. The van der Waals surface area contributed by atoms with E-state index in [0.717, 1.165) is 30.2 Å². The molecule has 0 unspecified atom stereocenters. The van der Waals surface area contributed by atoms with E-state index in [2.05, 4.69) is 24.0 Å². The Morgan fingerprint density at radius 2 is 1.93 bits per heavy atom. The number of aryl methyl sites for hydroxylation is 2. The molecule has 0 radical (unpaired) electrons. The van der Waals surface area contributed by atoms with Crippen molar-refractivity contribution in [3.8, 4) is 5.75 Å². The summed E-state index contributed by atoms with van der Waals surface area (Å²) in [7, 11) is -0.852. The Balaban J connectivity index is 1.57. The third-order valence-electron chi connectivity index (χ3n) is 5.22. The predicted molar refractivity (Wildman–Crippen MR) is 107 cm³/mol. The van der Waals surface area contributed by atoms with Gasteiger partial charge in [0.15, 0.2) is 9.84 Å². The Hall–Kier alpha value is -1.86. The lowest BCUT2D eigenvalue weighted by molar-refractivity contribution is 0.232. The molecule has 27 heavy (non-hydrogen) atoms. The van der Waals surface area contributed by atoms with E-state index >= 15 is 0 Å². The highest BCUT2D eigenvalue weighted by molar-refractivity contribution is 7.91. The van der Waals surface area contributed by atoms with Gasteiger partial charge in [0, 0.05) is 24.3 Å². The van der Waals surface area contributed by atoms with E-state index in [-0.39, 0.29) is 17.5 Å². The second-order valence-electron chi connectivity index (χ2n) is 7.55. The number of hydrogen-bond donors (Lipinski definition) is 0. The fourth-order valence-electron chi connectivity index (χ4n) is 3.55. The molecule has 0 aliphatic carbocycles. The summed E-state index contributed by atoms with van der Waals surface area (Å²) in [6.07, 6.45) is 0.657. The van der Waals surface area contributed by atoms with E-state index in [1.807, 2.05) is 42.8 Å². The van der Waals surface area contributed by atoms with Crippen molar-refractivity contribution in [3.05, 3.63) is 46.8 Å². The van der Waals surface area contributed by atoms with Crippen LogP contribution in [0, 0.1) is 20.8 Å². The maximum absolute atomic E-state index is 11.8. The first kappa shape index (κ1) is 19.9. The number of sulfone groups is 1. The van der Waals surface area contributed by atoms with Crippen LogP contribution in [-0.2, 0) is 16.4 Å². The molecular weight excluding hydrogens is 362 g/mol. The van der Waals surface area contributed by atoms with Crippen LogP contribution in [0.1, 0.15) is 35.0 Å². The first-order valence-corrected chi connectivity index (χ1v) is 11.2. The molecule has 1 atom stereocenters. The molecule has 0 N–H and O–H groups in total. The van der Waals surface area contributed by atoms with E-state index in [1.165, 1.54) is 11.1 Å². The molecular formula is C20H29N3O3S. The summed E-state index contributed by atoms with van der Waals surface area (Å²) in [6, 6.07) is 8.04. The van der Waals surface area contributed by atoms with Crippen molar-refractivity contribution in [2.24, 2.45) is 0 Å². The number of aromatic nitrogens is 2. The Kier molecular flexibility index (Phi) is 5.91. The van der Waals surface area contributed by atoms with Crippen LogP contribution >= 0.6 is 0 Å². The highest BCUT2D eigenvalue weighted by Gasteiger charge is 2.31. The lowest BCUT2D eigenvalue weighted by Crippen LogP contribution is -2.24. The first-order valence-electron chi connectivity index (χ1n) is 9.38. The largest absolute Gasteiger partial charge is 0.492 e. The molecule has 6 nitrogen and oxygen atoms in total. The summed E-state index contributed by atoms with van der Waals surface area (Å²) in [6.45, 7) is 8.29. The summed E-state index contributed by atoms with van der Waals surface area (Å²) in [5, 5.41) is 4.64. The molecule has 3 rings (SSSR count). The molecule has 2 aromatic rings. The summed E-state index contributed by atoms with van der Waals surface area (Å²) in [5.41, 5.74) is 4.44. The maximum Gasteiger partial charge on any atom is 0.152 e. The number of likely N-dealkylation sites (N-methyl/N-ethyl adjacent to an activating group) is 1. The van der Waals surface area contributed by atoms with Crippen molar-refractivity contribution in [1.29, 1.82) is 0 Å². The number of rotatable bonds is 7. The van der Waals surface area contributed by atoms with E-state index < -0.39 is 9.84 Å². The topological polar surface area (TPSA) is 64.4 Å². The van der Waals surface area contributed by atoms with E-state index in [4.69, 9.17) is 4.74 Å². The van der Waals surface area contributed by atoms with Gasteiger partial charge in [-0.05, 0) is 46.4 Å². The molecule has 148 valence electrons. The van der Waals surface area contributed by atoms with E-state index in [9.17, 15) is 8.42 Å². The van der Waals surface area contributed by atoms with Gasteiger partial charge in [0.05, 0.1) is 23.2 Å². The summed E-state index contributed by atoms with van der Waals surface area (Å²) >= 11 is 0. The third-order valence-corrected chi connectivity index (χ3v) is 6.97. The fraction of sp³-hybridized carbons (Fsp3) is 0.550. The minimum absolute atomic E-state index is 0.0300. The van der Waals surface area contributed by atoms with Gasteiger partial charge in [0.25, 0.3) is 0 Å². The van der Waals surface area contributed by atoms with Crippen LogP contribution in [0.25, 0.3) is 0 Å². The second-order valence-corrected chi connectivity index (χ2v) is 9.78. The third kappa shape index (κ3) is 4.90. The molecule has 0 amide bonds. The lowest BCUT2D eigenvalue weighted by atomic mass is 10.1.